The van der Waals surface area contributed by atoms with E-state index in [0.29, 0.717) is 13.0 Å². The van der Waals surface area contributed by atoms with Gasteiger partial charge in [-0.05, 0) is 25.1 Å². The van der Waals surface area contributed by atoms with Crippen LogP contribution in [0, 0.1) is 0 Å². The number of sulfonamides is 1. The minimum atomic E-state index is -3.74. The van der Waals surface area contributed by atoms with Gasteiger partial charge in [0.05, 0.1) is 10.0 Å². The smallest absolute Gasteiger partial charge is 0.243 e. The molecule has 0 aliphatic rings. The average Bonchev–Trinajstić information content (AvgIpc) is 2.15. The van der Waals surface area contributed by atoms with Crippen LogP contribution in [0.3, 0.4) is 0 Å². The number of benzene rings is 1. The maximum atomic E-state index is 11.9. The lowest BCUT2D eigenvalue weighted by atomic mass is 10.4. The Hall–Kier alpha value is 0.250. The molecule has 0 atom stereocenters. The second kappa shape index (κ2) is 7.75. The summed E-state index contributed by atoms with van der Waals surface area (Å²) < 4.78 is 26.1. The van der Waals surface area contributed by atoms with E-state index in [9.17, 15) is 8.42 Å². The molecule has 1 aromatic rings. The zero-order chi connectivity index (χ0) is 13.1. The molecule has 0 bridgehead atoms. The first-order valence-electron chi connectivity index (χ1n) is 4.73. The van der Waals surface area contributed by atoms with Crippen LogP contribution in [0.2, 0.25) is 15.1 Å². The van der Waals surface area contributed by atoms with Crippen molar-refractivity contribution in [3.8, 4) is 0 Å². The van der Waals surface area contributed by atoms with Crippen LogP contribution < -0.4 is 10.5 Å². The molecule has 0 amide bonds. The Balaban J connectivity index is 0.00000289. The van der Waals surface area contributed by atoms with Crippen LogP contribution in [-0.4, -0.2) is 21.5 Å². The van der Waals surface area contributed by atoms with E-state index in [1.807, 2.05) is 0 Å². The zero-order valence-electron chi connectivity index (χ0n) is 9.12. The van der Waals surface area contributed by atoms with Crippen LogP contribution in [0.15, 0.2) is 17.0 Å². The van der Waals surface area contributed by atoms with E-state index in [-0.39, 0.29) is 38.9 Å². The number of nitrogens with one attached hydrogen (secondary N) is 1. The normalized spacial score (nSPS) is 11.1. The first-order chi connectivity index (χ1) is 7.88. The second-order valence-electron chi connectivity index (χ2n) is 3.24. The van der Waals surface area contributed by atoms with Crippen LogP contribution in [0.25, 0.3) is 0 Å². The topological polar surface area (TPSA) is 72.2 Å². The monoisotopic (exact) mass is 352 g/mol. The van der Waals surface area contributed by atoms with Crippen molar-refractivity contribution in [2.24, 2.45) is 5.73 Å². The molecule has 1 aromatic carbocycles. The predicted molar refractivity (Wildman–Crippen MR) is 77.6 cm³/mol. The van der Waals surface area contributed by atoms with Gasteiger partial charge in [0, 0.05) is 11.6 Å². The summed E-state index contributed by atoms with van der Waals surface area (Å²) in [6.07, 6.45) is 0.530. The van der Waals surface area contributed by atoms with Crippen LogP contribution in [0.5, 0.6) is 0 Å². The van der Waals surface area contributed by atoms with Crippen molar-refractivity contribution in [3.05, 3.63) is 27.2 Å². The lowest BCUT2D eigenvalue weighted by Gasteiger charge is -2.10. The van der Waals surface area contributed by atoms with Crippen molar-refractivity contribution in [1.82, 2.24) is 4.72 Å². The molecule has 4 nitrogen and oxygen atoms in total. The number of rotatable bonds is 5. The molecular weight excluding hydrogens is 342 g/mol. The van der Waals surface area contributed by atoms with Gasteiger partial charge in [-0.1, -0.05) is 34.8 Å². The molecule has 1 rings (SSSR count). The molecule has 0 heterocycles. The van der Waals surface area contributed by atoms with Crippen molar-refractivity contribution in [2.45, 2.75) is 11.3 Å². The third kappa shape index (κ3) is 4.74. The van der Waals surface area contributed by atoms with Crippen molar-refractivity contribution in [3.63, 3.8) is 0 Å². The van der Waals surface area contributed by atoms with Crippen molar-refractivity contribution >= 4 is 57.2 Å². The SMILES string of the molecule is Cl.NCCCNS(=O)(=O)c1c(Cl)cc(Cl)cc1Cl. The largest absolute Gasteiger partial charge is 0.330 e. The Bertz CT molecular complexity index is 484. The van der Waals surface area contributed by atoms with E-state index in [4.69, 9.17) is 40.5 Å². The van der Waals surface area contributed by atoms with E-state index in [1.165, 1.54) is 12.1 Å². The van der Waals surface area contributed by atoms with Gasteiger partial charge in [-0.15, -0.1) is 12.4 Å². The van der Waals surface area contributed by atoms with Crippen LogP contribution >= 0.6 is 47.2 Å². The summed E-state index contributed by atoms with van der Waals surface area (Å²) in [4.78, 5) is -0.165. The van der Waals surface area contributed by atoms with E-state index in [1.54, 1.807) is 0 Å². The average molecular weight is 354 g/mol. The Morgan fingerprint density at radius 2 is 1.67 bits per heavy atom. The third-order valence-electron chi connectivity index (χ3n) is 1.90. The van der Waals surface area contributed by atoms with Gasteiger partial charge < -0.3 is 5.73 Å². The number of nitrogens with two attached hydrogens (primary N) is 1. The van der Waals surface area contributed by atoms with E-state index in [0.717, 1.165) is 0 Å². The van der Waals surface area contributed by atoms with Crippen molar-refractivity contribution in [2.75, 3.05) is 13.1 Å². The van der Waals surface area contributed by atoms with Gasteiger partial charge in [0.25, 0.3) is 0 Å². The molecule has 3 N–H and O–H groups in total. The number of hydrogen-bond acceptors (Lipinski definition) is 3. The molecule has 0 aliphatic carbocycles. The quantitative estimate of drug-likeness (QED) is 0.799. The Morgan fingerprint density at radius 1 is 1.17 bits per heavy atom. The molecule has 0 unspecified atom stereocenters. The molecule has 0 aromatic heterocycles. The molecule has 0 saturated carbocycles. The summed E-state index contributed by atoms with van der Waals surface area (Å²) >= 11 is 17.3. The van der Waals surface area contributed by atoms with E-state index in [2.05, 4.69) is 4.72 Å². The van der Waals surface area contributed by atoms with Gasteiger partial charge in [-0.25, -0.2) is 13.1 Å². The predicted octanol–water partition coefficient (Wildman–Crippen LogP) is 2.70. The van der Waals surface area contributed by atoms with Gasteiger partial charge in [-0.2, -0.15) is 0 Å². The van der Waals surface area contributed by atoms with Gasteiger partial charge in [0.15, 0.2) is 0 Å². The fourth-order valence-electron chi connectivity index (χ4n) is 1.17. The molecule has 104 valence electrons. The summed E-state index contributed by atoms with van der Waals surface area (Å²) in [7, 11) is -3.74. The molecule has 0 radical (unpaired) electrons. The van der Waals surface area contributed by atoms with E-state index >= 15 is 0 Å². The summed E-state index contributed by atoms with van der Waals surface area (Å²) in [5, 5.41) is 0.256. The standard InChI is InChI=1S/C9H11Cl3N2O2S.ClH/c10-6-4-7(11)9(8(12)5-6)17(15,16)14-3-1-2-13;/h4-5,14H,1-3,13H2;1H. The highest BCUT2D eigenvalue weighted by Crippen LogP contribution is 2.32. The van der Waals surface area contributed by atoms with E-state index < -0.39 is 10.0 Å². The molecule has 9 heteroatoms. The van der Waals surface area contributed by atoms with Gasteiger partial charge in [0.2, 0.25) is 10.0 Å². The molecule has 18 heavy (non-hydrogen) atoms. The maximum absolute atomic E-state index is 11.9. The van der Waals surface area contributed by atoms with Crippen LogP contribution in [0.1, 0.15) is 6.42 Å². The first kappa shape index (κ1) is 18.2. The highest BCUT2D eigenvalue weighted by Gasteiger charge is 2.21. The lowest BCUT2D eigenvalue weighted by molar-refractivity contribution is 0.579. The first-order valence-corrected chi connectivity index (χ1v) is 7.34. The second-order valence-corrected chi connectivity index (χ2v) is 6.19. The molecule has 0 saturated heterocycles. The minimum Gasteiger partial charge on any atom is -0.330 e. The molecular formula is C9H12Cl4N2O2S. The summed E-state index contributed by atoms with van der Waals surface area (Å²) in [5.74, 6) is 0. The molecule has 0 fully saturated rings. The van der Waals surface area contributed by atoms with Gasteiger partial charge in [0.1, 0.15) is 4.90 Å². The van der Waals surface area contributed by atoms with Crippen molar-refractivity contribution in [1.29, 1.82) is 0 Å². The highest BCUT2D eigenvalue weighted by molar-refractivity contribution is 7.89. The van der Waals surface area contributed by atoms with Gasteiger partial charge in [-0.3, -0.25) is 0 Å². The molecule has 0 aliphatic heterocycles. The summed E-state index contributed by atoms with van der Waals surface area (Å²) in [5.41, 5.74) is 5.27. The van der Waals surface area contributed by atoms with Gasteiger partial charge >= 0.3 is 0 Å². The van der Waals surface area contributed by atoms with Crippen LogP contribution in [-0.2, 0) is 10.0 Å². The minimum absolute atomic E-state index is 0. The fourth-order valence-corrected chi connectivity index (χ4v) is 3.78. The summed E-state index contributed by atoms with van der Waals surface area (Å²) in [6, 6.07) is 2.65. The Labute approximate surface area is 127 Å². The molecule has 0 spiro atoms. The summed E-state index contributed by atoms with van der Waals surface area (Å²) in [6.45, 7) is 0.624. The Kier molecular flexibility index (Phi) is 7.85. The zero-order valence-corrected chi connectivity index (χ0v) is 13.0. The lowest BCUT2D eigenvalue weighted by Crippen LogP contribution is -2.26. The maximum Gasteiger partial charge on any atom is 0.243 e. The number of hydrogen-bond donors (Lipinski definition) is 2. The Morgan fingerprint density at radius 3 is 2.11 bits per heavy atom. The highest BCUT2D eigenvalue weighted by atomic mass is 35.5. The van der Waals surface area contributed by atoms with Crippen molar-refractivity contribution < 1.29 is 8.42 Å². The number of halogens is 4. The van der Waals surface area contributed by atoms with Crippen LogP contribution in [0.4, 0.5) is 0 Å². The third-order valence-corrected chi connectivity index (χ3v) is 4.50. The fraction of sp³-hybridized carbons (Fsp3) is 0.333.